The van der Waals surface area contributed by atoms with Crippen LogP contribution in [0.25, 0.3) is 0 Å². The maximum atomic E-state index is 13.0. The second-order valence-electron chi connectivity index (χ2n) is 25.4. The fraction of sp³-hybridized carbons (Fsp3) is 0.942. The van der Waals surface area contributed by atoms with Crippen molar-refractivity contribution in [2.24, 2.45) is 5.92 Å². The summed E-state index contributed by atoms with van der Waals surface area (Å²) >= 11 is 0. The fourth-order valence-corrected chi connectivity index (χ4v) is 12.0. The maximum absolute atomic E-state index is 13.0. The first kappa shape index (κ1) is 86.1. The second-order valence-corrected chi connectivity index (χ2v) is 28.3. The molecule has 0 aliphatic carbocycles. The predicted octanol–water partition coefficient (Wildman–Crippen LogP) is 19.7. The van der Waals surface area contributed by atoms with Crippen LogP contribution in [0.5, 0.6) is 0 Å². The van der Waals surface area contributed by atoms with Crippen molar-refractivity contribution in [1.29, 1.82) is 0 Å². The van der Waals surface area contributed by atoms with Gasteiger partial charge in [0.05, 0.1) is 26.4 Å². The third kappa shape index (κ3) is 62.8. The van der Waals surface area contributed by atoms with Gasteiger partial charge in [0.2, 0.25) is 0 Å². The molecule has 2 unspecified atom stereocenters. The van der Waals surface area contributed by atoms with E-state index in [-0.39, 0.29) is 25.7 Å². The zero-order valence-electron chi connectivity index (χ0n) is 56.9. The molecular weight excluding hydrogens is 1160 g/mol. The van der Waals surface area contributed by atoms with Crippen molar-refractivity contribution in [2.45, 2.75) is 374 Å². The number of phosphoric acid groups is 2. The van der Waals surface area contributed by atoms with Crippen molar-refractivity contribution in [3.8, 4) is 0 Å². The highest BCUT2D eigenvalue weighted by Gasteiger charge is 2.30. The molecule has 0 aliphatic rings. The summed E-state index contributed by atoms with van der Waals surface area (Å²) in [5.41, 5.74) is 0. The highest BCUT2D eigenvalue weighted by molar-refractivity contribution is 7.47. The first-order chi connectivity index (χ1) is 42.5. The Morgan fingerprint density at radius 2 is 0.523 bits per heavy atom. The molecule has 5 atom stereocenters. The minimum absolute atomic E-state index is 0.108. The predicted molar refractivity (Wildman–Crippen MR) is 354 cm³/mol. The molecule has 0 amide bonds. The number of rotatable bonds is 69. The number of aliphatic hydroxyl groups excluding tert-OH is 1. The molecule has 0 bridgehead atoms. The van der Waals surface area contributed by atoms with Crippen molar-refractivity contribution in [2.75, 3.05) is 39.6 Å². The summed E-state index contributed by atoms with van der Waals surface area (Å²) in [5.74, 6) is -1.38. The lowest BCUT2D eigenvalue weighted by Crippen LogP contribution is -2.30. The van der Waals surface area contributed by atoms with E-state index in [1.807, 2.05) is 0 Å². The summed E-state index contributed by atoms with van der Waals surface area (Å²) in [4.78, 5) is 72.5. The summed E-state index contributed by atoms with van der Waals surface area (Å²) in [6, 6.07) is 0. The lowest BCUT2D eigenvalue weighted by Gasteiger charge is -2.21. The number of unbranched alkanes of at least 4 members (excludes halogenated alkanes) is 41. The molecule has 0 heterocycles. The summed E-state index contributed by atoms with van der Waals surface area (Å²) in [5, 5.41) is 10.6. The zero-order chi connectivity index (χ0) is 64.9. The van der Waals surface area contributed by atoms with Crippen LogP contribution in [0.1, 0.15) is 356 Å². The van der Waals surface area contributed by atoms with E-state index in [2.05, 4.69) is 34.6 Å². The monoisotopic (exact) mass is 1300 g/mol. The summed E-state index contributed by atoms with van der Waals surface area (Å²) in [7, 11) is -9.89. The number of carbonyl (C=O) groups excluding carboxylic acids is 4. The first-order valence-electron chi connectivity index (χ1n) is 36.1. The Kier molecular flexibility index (Phi) is 61.1. The summed E-state index contributed by atoms with van der Waals surface area (Å²) in [6.07, 6.45) is 48.4. The van der Waals surface area contributed by atoms with E-state index >= 15 is 0 Å². The van der Waals surface area contributed by atoms with Gasteiger partial charge in [-0.2, -0.15) is 0 Å². The molecule has 0 saturated heterocycles. The van der Waals surface area contributed by atoms with E-state index in [1.165, 1.54) is 180 Å². The second kappa shape index (κ2) is 62.5. The molecule has 0 saturated carbocycles. The fourth-order valence-electron chi connectivity index (χ4n) is 10.5. The third-order valence-corrected chi connectivity index (χ3v) is 17.9. The van der Waals surface area contributed by atoms with E-state index < -0.39 is 97.5 Å². The van der Waals surface area contributed by atoms with Gasteiger partial charge in [-0.05, 0) is 31.6 Å². The minimum atomic E-state index is -4.95. The Balaban J connectivity index is 5.25. The molecular formula is C69H134O17P2. The largest absolute Gasteiger partial charge is 0.472 e. The third-order valence-electron chi connectivity index (χ3n) is 16.0. The Morgan fingerprint density at radius 1 is 0.307 bits per heavy atom. The number of carbonyl (C=O) groups is 4. The number of phosphoric ester groups is 2. The Hall–Kier alpha value is -1.94. The van der Waals surface area contributed by atoms with E-state index in [0.717, 1.165) is 95.8 Å². The molecule has 17 nitrogen and oxygen atoms in total. The number of esters is 4. The molecule has 3 N–H and O–H groups in total. The van der Waals surface area contributed by atoms with Gasteiger partial charge < -0.3 is 33.8 Å². The Bertz CT molecular complexity index is 1700. The molecule has 19 heteroatoms. The molecule has 0 radical (unpaired) electrons. The number of hydrogen-bond donors (Lipinski definition) is 3. The van der Waals surface area contributed by atoms with Crippen molar-refractivity contribution in [1.82, 2.24) is 0 Å². The molecule has 0 aromatic rings. The van der Waals surface area contributed by atoms with E-state index in [1.54, 1.807) is 0 Å². The highest BCUT2D eigenvalue weighted by Crippen LogP contribution is 2.45. The number of hydrogen-bond acceptors (Lipinski definition) is 15. The van der Waals surface area contributed by atoms with E-state index in [0.29, 0.717) is 25.7 Å². The van der Waals surface area contributed by atoms with Gasteiger partial charge in [-0.1, -0.05) is 304 Å². The van der Waals surface area contributed by atoms with Gasteiger partial charge in [-0.15, -0.1) is 0 Å². The SMILES string of the molecule is CCCCCCCCCCCCCCCCC(=O)O[C@H](COC(=O)CCCCCCCCCCCC(C)C)COP(=O)(O)OC[C@@H](O)COP(=O)(O)OC[C@@H](COC(=O)CCCCCCCCCCCC)OC(=O)CCCCCCCCCCCCCC. The highest BCUT2D eigenvalue weighted by atomic mass is 31.2. The average Bonchev–Trinajstić information content (AvgIpc) is 3.63. The van der Waals surface area contributed by atoms with Gasteiger partial charge in [-0.3, -0.25) is 37.3 Å². The molecule has 88 heavy (non-hydrogen) atoms. The molecule has 0 rings (SSSR count). The van der Waals surface area contributed by atoms with Crippen molar-refractivity contribution in [3.05, 3.63) is 0 Å². The maximum Gasteiger partial charge on any atom is 0.472 e. The van der Waals surface area contributed by atoms with Crippen molar-refractivity contribution >= 4 is 39.5 Å². The van der Waals surface area contributed by atoms with Crippen LogP contribution in [0.3, 0.4) is 0 Å². The minimum Gasteiger partial charge on any atom is -0.462 e. The van der Waals surface area contributed by atoms with Crippen LogP contribution in [0, 0.1) is 5.92 Å². The van der Waals surface area contributed by atoms with Crippen molar-refractivity contribution in [3.63, 3.8) is 0 Å². The van der Waals surface area contributed by atoms with Gasteiger partial charge >= 0.3 is 39.5 Å². The number of ether oxygens (including phenoxy) is 4. The van der Waals surface area contributed by atoms with Crippen LogP contribution >= 0.6 is 15.6 Å². The topological polar surface area (TPSA) is 237 Å². The normalized spacial score (nSPS) is 14.1. The van der Waals surface area contributed by atoms with E-state index in [9.17, 15) is 43.2 Å². The molecule has 0 fully saturated rings. The van der Waals surface area contributed by atoms with Crippen LogP contribution in [-0.4, -0.2) is 96.7 Å². The van der Waals surface area contributed by atoms with Gasteiger partial charge in [-0.25, -0.2) is 9.13 Å². The van der Waals surface area contributed by atoms with Gasteiger partial charge in [0.25, 0.3) is 0 Å². The first-order valence-corrected chi connectivity index (χ1v) is 39.1. The Morgan fingerprint density at radius 3 is 0.773 bits per heavy atom. The lowest BCUT2D eigenvalue weighted by atomic mass is 10.0. The lowest BCUT2D eigenvalue weighted by molar-refractivity contribution is -0.161. The standard InChI is InChI=1S/C69H134O17P2/c1-6-9-12-15-18-21-24-26-27-29-34-40-45-50-55-69(74)86-65(59-80-67(72)53-48-43-38-35-30-31-36-41-46-51-62(4)5)61-84-88(77,78)82-57-63(70)56-81-87(75,76)83-60-64(58-79-66(71)52-47-42-37-32-23-20-17-14-11-8-3)85-68(73)54-49-44-39-33-28-25-22-19-16-13-10-7-2/h62-65,70H,6-61H2,1-5H3,(H,75,76)(H,77,78)/t63-,64+,65+/m0/s1. The van der Waals surface area contributed by atoms with Crippen LogP contribution in [-0.2, 0) is 65.4 Å². The smallest absolute Gasteiger partial charge is 0.462 e. The molecule has 0 spiro atoms. The molecule has 522 valence electrons. The van der Waals surface area contributed by atoms with Crippen LogP contribution in [0.2, 0.25) is 0 Å². The van der Waals surface area contributed by atoms with Crippen LogP contribution in [0.15, 0.2) is 0 Å². The molecule has 0 aliphatic heterocycles. The molecule has 0 aromatic carbocycles. The average molecular weight is 1300 g/mol. The van der Waals surface area contributed by atoms with Gasteiger partial charge in [0.15, 0.2) is 12.2 Å². The Labute approximate surface area is 537 Å². The summed E-state index contributed by atoms with van der Waals surface area (Å²) in [6.45, 7) is 7.22. The van der Waals surface area contributed by atoms with Crippen LogP contribution in [0.4, 0.5) is 0 Å². The summed E-state index contributed by atoms with van der Waals surface area (Å²) < 4.78 is 68.2. The number of aliphatic hydroxyl groups is 1. The van der Waals surface area contributed by atoms with Crippen molar-refractivity contribution < 1.29 is 80.2 Å². The van der Waals surface area contributed by atoms with E-state index in [4.69, 9.17) is 37.0 Å². The van der Waals surface area contributed by atoms with Gasteiger partial charge in [0.1, 0.15) is 19.3 Å². The van der Waals surface area contributed by atoms with Gasteiger partial charge in [0, 0.05) is 25.7 Å². The molecule has 0 aromatic heterocycles. The quantitative estimate of drug-likeness (QED) is 0.0222. The van der Waals surface area contributed by atoms with Crippen LogP contribution < -0.4 is 0 Å². The zero-order valence-corrected chi connectivity index (χ0v) is 58.6.